The maximum absolute atomic E-state index is 12.4. The van der Waals surface area contributed by atoms with E-state index < -0.39 is 0 Å². The van der Waals surface area contributed by atoms with Gasteiger partial charge in [-0.15, -0.1) is 0 Å². The molecule has 0 amide bonds. The minimum absolute atomic E-state index is 0.193. The van der Waals surface area contributed by atoms with Gasteiger partial charge < -0.3 is 4.74 Å². The molecule has 0 spiro atoms. The summed E-state index contributed by atoms with van der Waals surface area (Å²) in [6.07, 6.45) is 1.32. The highest BCUT2D eigenvalue weighted by Gasteiger charge is 2.12. The monoisotopic (exact) mass is 282 g/mol. The van der Waals surface area contributed by atoms with Gasteiger partial charge in [-0.3, -0.25) is 4.79 Å². The van der Waals surface area contributed by atoms with Crippen LogP contribution in [0, 0.1) is 20.8 Å². The van der Waals surface area contributed by atoms with Crippen LogP contribution in [-0.2, 0) is 6.42 Å². The van der Waals surface area contributed by atoms with Crippen molar-refractivity contribution in [3.05, 3.63) is 64.2 Å². The third-order valence-electron chi connectivity index (χ3n) is 3.80. The van der Waals surface area contributed by atoms with Gasteiger partial charge in [-0.25, -0.2) is 0 Å². The van der Waals surface area contributed by atoms with Crippen LogP contribution >= 0.6 is 0 Å². The first-order valence-electron chi connectivity index (χ1n) is 7.25. The number of rotatable bonds is 5. The molecule has 2 rings (SSSR count). The highest BCUT2D eigenvalue weighted by Crippen LogP contribution is 2.23. The standard InChI is InChI=1S/C19H22O2/c1-13-5-7-16(8-6-13)9-10-18(20)17-11-15(3)19(21-4)12-14(17)2/h5-8,11-12H,9-10H2,1-4H3. The Bertz CT molecular complexity index is 639. The van der Waals surface area contributed by atoms with Gasteiger partial charge >= 0.3 is 0 Å². The first-order chi connectivity index (χ1) is 10.0. The number of ether oxygens (including phenoxy) is 1. The third kappa shape index (κ3) is 3.72. The number of methoxy groups -OCH3 is 1. The molecule has 0 N–H and O–H groups in total. The average Bonchev–Trinajstić information content (AvgIpc) is 2.48. The first kappa shape index (κ1) is 15.3. The molecule has 2 aromatic carbocycles. The maximum atomic E-state index is 12.4. The van der Waals surface area contributed by atoms with Gasteiger partial charge in [-0.2, -0.15) is 0 Å². The number of hydrogen-bond acceptors (Lipinski definition) is 2. The lowest BCUT2D eigenvalue weighted by Crippen LogP contribution is -2.05. The molecule has 2 aromatic rings. The van der Waals surface area contributed by atoms with E-state index in [2.05, 4.69) is 31.2 Å². The van der Waals surface area contributed by atoms with Gasteiger partial charge in [0.2, 0.25) is 0 Å². The topological polar surface area (TPSA) is 26.3 Å². The summed E-state index contributed by atoms with van der Waals surface area (Å²) in [7, 11) is 1.65. The van der Waals surface area contributed by atoms with Crippen molar-refractivity contribution >= 4 is 5.78 Å². The Morgan fingerprint density at radius 3 is 2.29 bits per heavy atom. The third-order valence-corrected chi connectivity index (χ3v) is 3.80. The van der Waals surface area contributed by atoms with Gasteiger partial charge in [-0.1, -0.05) is 29.8 Å². The molecule has 0 saturated carbocycles. The summed E-state index contributed by atoms with van der Waals surface area (Å²) in [5.74, 6) is 1.03. The van der Waals surface area contributed by atoms with Crippen LogP contribution in [0.3, 0.4) is 0 Å². The van der Waals surface area contributed by atoms with Crippen LogP contribution < -0.4 is 4.74 Å². The summed E-state index contributed by atoms with van der Waals surface area (Å²) in [5, 5.41) is 0. The van der Waals surface area contributed by atoms with Crippen LogP contribution in [0.15, 0.2) is 36.4 Å². The van der Waals surface area contributed by atoms with Crippen LogP contribution in [0.5, 0.6) is 5.75 Å². The highest BCUT2D eigenvalue weighted by atomic mass is 16.5. The molecule has 0 fully saturated rings. The van der Waals surface area contributed by atoms with Crippen molar-refractivity contribution in [2.24, 2.45) is 0 Å². The number of hydrogen-bond donors (Lipinski definition) is 0. The predicted molar refractivity (Wildman–Crippen MR) is 86.3 cm³/mol. The van der Waals surface area contributed by atoms with Gasteiger partial charge in [0.25, 0.3) is 0 Å². The molecule has 21 heavy (non-hydrogen) atoms. The quantitative estimate of drug-likeness (QED) is 0.758. The van der Waals surface area contributed by atoms with Crippen LogP contribution in [0.1, 0.15) is 39.0 Å². The van der Waals surface area contributed by atoms with Gasteiger partial charge in [-0.05, 0) is 56.0 Å². The molecule has 2 heteroatoms. The molecule has 0 aliphatic carbocycles. The van der Waals surface area contributed by atoms with Crippen molar-refractivity contribution in [1.82, 2.24) is 0 Å². The van der Waals surface area contributed by atoms with E-state index in [9.17, 15) is 4.79 Å². The van der Waals surface area contributed by atoms with Crippen molar-refractivity contribution in [3.63, 3.8) is 0 Å². The Hall–Kier alpha value is -2.09. The SMILES string of the molecule is COc1cc(C)c(C(=O)CCc2ccc(C)cc2)cc1C. The summed E-state index contributed by atoms with van der Waals surface area (Å²) in [6.45, 7) is 5.99. The average molecular weight is 282 g/mol. The largest absolute Gasteiger partial charge is 0.496 e. The van der Waals surface area contributed by atoms with E-state index in [4.69, 9.17) is 4.74 Å². The molecular formula is C19H22O2. The summed E-state index contributed by atoms with van der Waals surface area (Å²) < 4.78 is 5.29. The molecule has 0 aliphatic rings. The second kappa shape index (κ2) is 6.57. The van der Waals surface area contributed by atoms with Crippen LogP contribution in [0.25, 0.3) is 0 Å². The van der Waals surface area contributed by atoms with Gasteiger partial charge in [0.05, 0.1) is 7.11 Å². The molecule has 0 aliphatic heterocycles. The molecule has 110 valence electrons. The Morgan fingerprint density at radius 1 is 1.00 bits per heavy atom. The number of carbonyl (C=O) groups is 1. The Morgan fingerprint density at radius 2 is 1.67 bits per heavy atom. The zero-order valence-electron chi connectivity index (χ0n) is 13.2. The molecule has 0 bridgehead atoms. The fraction of sp³-hybridized carbons (Fsp3) is 0.316. The van der Waals surface area contributed by atoms with Gasteiger partial charge in [0.15, 0.2) is 5.78 Å². The molecule has 0 atom stereocenters. The number of Topliss-reactive ketones (excluding diaryl/α,β-unsaturated/α-hetero) is 1. The lowest BCUT2D eigenvalue weighted by atomic mass is 9.97. The highest BCUT2D eigenvalue weighted by molar-refractivity contribution is 5.98. The maximum Gasteiger partial charge on any atom is 0.163 e. The molecule has 0 unspecified atom stereocenters. The predicted octanol–water partition coefficient (Wildman–Crippen LogP) is 4.44. The van der Waals surface area contributed by atoms with E-state index in [1.54, 1.807) is 7.11 Å². The fourth-order valence-corrected chi connectivity index (χ4v) is 2.46. The van der Waals surface area contributed by atoms with E-state index in [1.165, 1.54) is 11.1 Å². The zero-order chi connectivity index (χ0) is 15.4. The number of ketones is 1. The van der Waals surface area contributed by atoms with E-state index in [1.807, 2.05) is 26.0 Å². The lowest BCUT2D eigenvalue weighted by Gasteiger charge is -2.10. The number of benzene rings is 2. The Balaban J connectivity index is 2.10. The smallest absolute Gasteiger partial charge is 0.163 e. The molecule has 2 nitrogen and oxygen atoms in total. The summed E-state index contributed by atoms with van der Waals surface area (Å²) in [4.78, 5) is 12.4. The van der Waals surface area contributed by atoms with E-state index in [0.29, 0.717) is 6.42 Å². The number of carbonyl (C=O) groups excluding carboxylic acids is 1. The minimum Gasteiger partial charge on any atom is -0.496 e. The summed E-state index contributed by atoms with van der Waals surface area (Å²) in [6, 6.07) is 12.2. The fourth-order valence-electron chi connectivity index (χ4n) is 2.46. The van der Waals surface area contributed by atoms with Crippen LogP contribution in [0.4, 0.5) is 0 Å². The zero-order valence-corrected chi connectivity index (χ0v) is 13.2. The molecule has 0 heterocycles. The van der Waals surface area contributed by atoms with Crippen molar-refractivity contribution in [3.8, 4) is 5.75 Å². The van der Waals surface area contributed by atoms with Crippen molar-refractivity contribution < 1.29 is 9.53 Å². The molecule has 0 saturated heterocycles. The second-order valence-corrected chi connectivity index (χ2v) is 5.55. The van der Waals surface area contributed by atoms with E-state index in [0.717, 1.165) is 28.9 Å². The Kier molecular flexibility index (Phi) is 4.79. The minimum atomic E-state index is 0.193. The molecule has 0 aromatic heterocycles. The van der Waals surface area contributed by atoms with Crippen LogP contribution in [0.2, 0.25) is 0 Å². The van der Waals surface area contributed by atoms with E-state index >= 15 is 0 Å². The second-order valence-electron chi connectivity index (χ2n) is 5.55. The molecule has 0 radical (unpaired) electrons. The molecular weight excluding hydrogens is 260 g/mol. The first-order valence-corrected chi connectivity index (χ1v) is 7.25. The van der Waals surface area contributed by atoms with Crippen molar-refractivity contribution in [2.75, 3.05) is 7.11 Å². The number of aryl methyl sites for hydroxylation is 4. The Labute approximate surface area is 126 Å². The van der Waals surface area contributed by atoms with Crippen molar-refractivity contribution in [2.45, 2.75) is 33.6 Å². The van der Waals surface area contributed by atoms with Gasteiger partial charge in [0, 0.05) is 12.0 Å². The summed E-state index contributed by atoms with van der Waals surface area (Å²) in [5.41, 5.74) is 5.23. The van der Waals surface area contributed by atoms with E-state index in [-0.39, 0.29) is 5.78 Å². The van der Waals surface area contributed by atoms with Gasteiger partial charge in [0.1, 0.15) is 5.75 Å². The van der Waals surface area contributed by atoms with Crippen molar-refractivity contribution in [1.29, 1.82) is 0 Å². The lowest BCUT2D eigenvalue weighted by molar-refractivity contribution is 0.0982. The normalized spacial score (nSPS) is 10.5. The summed E-state index contributed by atoms with van der Waals surface area (Å²) >= 11 is 0. The van der Waals surface area contributed by atoms with Crippen LogP contribution in [-0.4, -0.2) is 12.9 Å².